The van der Waals surface area contributed by atoms with Gasteiger partial charge in [-0.15, -0.1) is 12.4 Å². The number of nitrogens with zero attached hydrogens (tertiary/aromatic N) is 2. The van der Waals surface area contributed by atoms with Crippen molar-refractivity contribution in [1.29, 1.82) is 0 Å². The average molecular weight is 297 g/mol. The van der Waals surface area contributed by atoms with Gasteiger partial charge in [0.2, 0.25) is 5.88 Å². The number of hydrogen-bond donors (Lipinski definition) is 1. The van der Waals surface area contributed by atoms with E-state index in [1.165, 1.54) is 0 Å². The lowest BCUT2D eigenvalue weighted by Gasteiger charge is -2.10. The molecule has 0 spiro atoms. The summed E-state index contributed by atoms with van der Waals surface area (Å²) in [5.74, 6) is -0.384. The van der Waals surface area contributed by atoms with Crippen molar-refractivity contribution in [2.45, 2.75) is 0 Å². The van der Waals surface area contributed by atoms with Crippen molar-refractivity contribution in [1.82, 2.24) is 9.88 Å². The summed E-state index contributed by atoms with van der Waals surface area (Å²) in [6.07, 6.45) is 0. The number of aromatic nitrogens is 1. The fraction of sp³-hybridized carbons (Fsp3) is 0.286. The lowest BCUT2D eigenvalue weighted by Crippen LogP contribution is -2.19. The van der Waals surface area contributed by atoms with E-state index in [-0.39, 0.29) is 18.0 Å². The molecule has 0 atom stereocenters. The first kappa shape index (κ1) is 16.2. The minimum atomic E-state index is -0.937. The number of halogens is 1. The Morgan fingerprint density at radius 3 is 2.70 bits per heavy atom. The molecule has 0 amide bonds. The normalized spacial score (nSPS) is 10.3. The van der Waals surface area contributed by atoms with Gasteiger partial charge in [-0.3, -0.25) is 0 Å². The number of aromatic carboxylic acids is 1. The van der Waals surface area contributed by atoms with Gasteiger partial charge < -0.3 is 14.7 Å². The standard InChI is InChI=1S/C14H16N2O3.ClH/c1-16(2)7-8-19-13-6-4-10-9-11(14(17)18)3-5-12(10)15-13;/h3-6,9H,7-8H2,1-2H3,(H,17,18);1H. The van der Waals surface area contributed by atoms with Gasteiger partial charge in [0.25, 0.3) is 0 Å². The number of likely N-dealkylation sites (N-methyl/N-ethyl adjacent to an activating group) is 1. The van der Waals surface area contributed by atoms with E-state index in [1.807, 2.05) is 25.1 Å². The summed E-state index contributed by atoms with van der Waals surface area (Å²) < 4.78 is 5.53. The first-order valence-electron chi connectivity index (χ1n) is 5.98. The highest BCUT2D eigenvalue weighted by Gasteiger charge is 2.05. The second-order valence-corrected chi connectivity index (χ2v) is 4.51. The van der Waals surface area contributed by atoms with Crippen molar-refractivity contribution in [2.75, 3.05) is 27.2 Å². The topological polar surface area (TPSA) is 62.7 Å². The lowest BCUT2D eigenvalue weighted by atomic mass is 10.1. The summed E-state index contributed by atoms with van der Waals surface area (Å²) in [6.45, 7) is 1.39. The zero-order chi connectivity index (χ0) is 13.8. The van der Waals surface area contributed by atoms with Crippen LogP contribution in [0.4, 0.5) is 0 Å². The maximum Gasteiger partial charge on any atom is 0.335 e. The molecular formula is C14H17ClN2O3. The van der Waals surface area contributed by atoms with Crippen LogP contribution in [0.5, 0.6) is 5.88 Å². The Labute approximate surface area is 123 Å². The molecule has 2 rings (SSSR count). The van der Waals surface area contributed by atoms with E-state index < -0.39 is 5.97 Å². The third kappa shape index (κ3) is 4.08. The first-order chi connectivity index (χ1) is 9.06. The third-order valence-electron chi connectivity index (χ3n) is 2.70. The summed E-state index contributed by atoms with van der Waals surface area (Å²) in [6, 6.07) is 8.41. The summed E-state index contributed by atoms with van der Waals surface area (Å²) in [5, 5.41) is 9.71. The summed E-state index contributed by atoms with van der Waals surface area (Å²) in [4.78, 5) is 17.2. The highest BCUT2D eigenvalue weighted by Crippen LogP contribution is 2.18. The van der Waals surface area contributed by atoms with Crippen LogP contribution >= 0.6 is 12.4 Å². The van der Waals surface area contributed by atoms with E-state index in [2.05, 4.69) is 4.98 Å². The maximum absolute atomic E-state index is 10.9. The van der Waals surface area contributed by atoms with Crippen LogP contribution < -0.4 is 4.74 Å². The fourth-order valence-electron chi connectivity index (χ4n) is 1.65. The van der Waals surface area contributed by atoms with Crippen molar-refractivity contribution >= 4 is 29.3 Å². The second kappa shape index (κ2) is 7.07. The number of fused-ring (bicyclic) bond motifs is 1. The highest BCUT2D eigenvalue weighted by atomic mass is 35.5. The Bertz CT molecular complexity index is 602. The Kier molecular flexibility index (Phi) is 5.73. The molecule has 0 bridgehead atoms. The smallest absolute Gasteiger partial charge is 0.335 e. The van der Waals surface area contributed by atoms with E-state index in [0.29, 0.717) is 12.5 Å². The molecule has 0 radical (unpaired) electrons. The molecule has 0 fully saturated rings. The van der Waals surface area contributed by atoms with Crippen LogP contribution in [-0.4, -0.2) is 48.2 Å². The maximum atomic E-state index is 10.9. The largest absolute Gasteiger partial charge is 0.478 e. The SMILES string of the molecule is CN(C)CCOc1ccc2cc(C(=O)O)ccc2n1.Cl. The van der Waals surface area contributed by atoms with Crippen molar-refractivity contribution in [3.63, 3.8) is 0 Å². The average Bonchev–Trinajstić information content (AvgIpc) is 2.37. The molecule has 1 aromatic carbocycles. The number of carboxylic acid groups (broad SMARTS) is 1. The van der Waals surface area contributed by atoms with Gasteiger partial charge in [0.05, 0.1) is 11.1 Å². The number of pyridine rings is 1. The third-order valence-corrected chi connectivity index (χ3v) is 2.70. The van der Waals surface area contributed by atoms with E-state index in [9.17, 15) is 4.79 Å². The molecule has 0 unspecified atom stereocenters. The van der Waals surface area contributed by atoms with E-state index in [1.54, 1.807) is 24.3 Å². The molecule has 1 aromatic heterocycles. The summed E-state index contributed by atoms with van der Waals surface area (Å²) >= 11 is 0. The molecule has 108 valence electrons. The van der Waals surface area contributed by atoms with Gasteiger partial charge in [-0.2, -0.15) is 0 Å². The zero-order valence-corrected chi connectivity index (χ0v) is 12.2. The number of rotatable bonds is 5. The molecule has 0 aliphatic carbocycles. The molecule has 1 N–H and O–H groups in total. The Morgan fingerprint density at radius 1 is 1.30 bits per heavy atom. The number of carbonyl (C=O) groups is 1. The van der Waals surface area contributed by atoms with Crippen molar-refractivity contribution in [3.8, 4) is 5.88 Å². The molecular weight excluding hydrogens is 280 g/mol. The van der Waals surface area contributed by atoms with Crippen LogP contribution in [0.3, 0.4) is 0 Å². The van der Waals surface area contributed by atoms with Crippen molar-refractivity contribution in [3.05, 3.63) is 35.9 Å². The first-order valence-corrected chi connectivity index (χ1v) is 5.98. The molecule has 0 aliphatic rings. The summed E-state index contributed by atoms with van der Waals surface area (Å²) in [5.41, 5.74) is 0.989. The zero-order valence-electron chi connectivity index (χ0n) is 11.4. The molecule has 0 aliphatic heterocycles. The lowest BCUT2D eigenvalue weighted by molar-refractivity contribution is 0.0697. The number of ether oxygens (including phenoxy) is 1. The molecule has 1 heterocycles. The van der Waals surface area contributed by atoms with Crippen molar-refractivity contribution in [2.24, 2.45) is 0 Å². The minimum Gasteiger partial charge on any atom is -0.478 e. The summed E-state index contributed by atoms with van der Waals surface area (Å²) in [7, 11) is 3.95. The van der Waals surface area contributed by atoms with Gasteiger partial charge in [0, 0.05) is 18.0 Å². The molecule has 20 heavy (non-hydrogen) atoms. The predicted molar refractivity (Wildman–Crippen MR) is 80.0 cm³/mol. The highest BCUT2D eigenvalue weighted by molar-refractivity contribution is 5.93. The van der Waals surface area contributed by atoms with Gasteiger partial charge in [0.1, 0.15) is 6.61 Å². The molecule has 6 heteroatoms. The van der Waals surface area contributed by atoms with Crippen LogP contribution in [0, 0.1) is 0 Å². The second-order valence-electron chi connectivity index (χ2n) is 4.51. The molecule has 2 aromatic rings. The van der Waals surface area contributed by atoms with Gasteiger partial charge in [-0.1, -0.05) is 0 Å². The number of carboxylic acids is 1. The Balaban J connectivity index is 0.00000200. The van der Waals surface area contributed by atoms with E-state index >= 15 is 0 Å². The van der Waals surface area contributed by atoms with Crippen LogP contribution in [0.25, 0.3) is 10.9 Å². The van der Waals surface area contributed by atoms with E-state index in [0.717, 1.165) is 17.4 Å². The van der Waals surface area contributed by atoms with E-state index in [4.69, 9.17) is 9.84 Å². The molecule has 0 saturated heterocycles. The van der Waals surface area contributed by atoms with Crippen LogP contribution in [-0.2, 0) is 0 Å². The van der Waals surface area contributed by atoms with Gasteiger partial charge in [-0.05, 0) is 38.4 Å². The minimum absolute atomic E-state index is 0. The van der Waals surface area contributed by atoms with Crippen LogP contribution in [0.1, 0.15) is 10.4 Å². The number of hydrogen-bond acceptors (Lipinski definition) is 4. The van der Waals surface area contributed by atoms with Gasteiger partial charge >= 0.3 is 5.97 Å². The van der Waals surface area contributed by atoms with Gasteiger partial charge in [0.15, 0.2) is 0 Å². The molecule has 0 saturated carbocycles. The molecule has 5 nitrogen and oxygen atoms in total. The predicted octanol–water partition coefficient (Wildman–Crippen LogP) is 2.30. The van der Waals surface area contributed by atoms with Crippen LogP contribution in [0.2, 0.25) is 0 Å². The van der Waals surface area contributed by atoms with Crippen LogP contribution in [0.15, 0.2) is 30.3 Å². The Morgan fingerprint density at radius 2 is 2.05 bits per heavy atom. The Hall–Kier alpha value is -1.85. The van der Waals surface area contributed by atoms with Gasteiger partial charge in [-0.25, -0.2) is 9.78 Å². The quantitative estimate of drug-likeness (QED) is 0.917. The van der Waals surface area contributed by atoms with Crippen molar-refractivity contribution < 1.29 is 14.6 Å². The number of benzene rings is 1. The monoisotopic (exact) mass is 296 g/mol. The fourth-order valence-corrected chi connectivity index (χ4v) is 1.65.